The number of carboxylic acids is 1. The second-order valence-corrected chi connectivity index (χ2v) is 5.26. The van der Waals surface area contributed by atoms with Gasteiger partial charge in [-0.25, -0.2) is 18.0 Å². The number of benzene rings is 2. The average molecular weight is 333 g/mol. The van der Waals surface area contributed by atoms with E-state index in [1.165, 1.54) is 16.7 Å². The topological polar surface area (TPSA) is 59.3 Å². The molecule has 0 radical (unpaired) electrons. The Morgan fingerprint density at radius 2 is 1.75 bits per heavy atom. The fourth-order valence-electron chi connectivity index (χ4n) is 2.56. The summed E-state index contributed by atoms with van der Waals surface area (Å²) in [5.74, 6) is -4.44. The van der Waals surface area contributed by atoms with E-state index in [1.807, 2.05) is 0 Å². The highest BCUT2D eigenvalue weighted by Crippen LogP contribution is 2.23. The van der Waals surface area contributed by atoms with Crippen LogP contribution in [0.25, 0.3) is 16.6 Å². The van der Waals surface area contributed by atoms with Gasteiger partial charge in [-0.2, -0.15) is 0 Å². The Morgan fingerprint density at radius 1 is 1.08 bits per heavy atom. The molecule has 0 aliphatic rings. The largest absolute Gasteiger partial charge is 0.477 e. The lowest BCUT2D eigenvalue weighted by atomic mass is 10.1. The molecule has 7 heteroatoms. The minimum absolute atomic E-state index is 0.0152. The Hall–Kier alpha value is -3.09. The highest BCUT2D eigenvalue weighted by atomic mass is 19.2. The fraction of sp³-hybridized carbons (Fsp3) is 0.0588. The Kier molecular flexibility index (Phi) is 3.63. The minimum Gasteiger partial charge on any atom is -0.477 e. The summed E-state index contributed by atoms with van der Waals surface area (Å²) in [7, 11) is 0. The number of rotatable bonds is 2. The van der Waals surface area contributed by atoms with Gasteiger partial charge in [0.1, 0.15) is 11.4 Å². The summed E-state index contributed by atoms with van der Waals surface area (Å²) < 4.78 is 41.7. The van der Waals surface area contributed by atoms with Gasteiger partial charge in [0.05, 0.1) is 10.9 Å². The van der Waals surface area contributed by atoms with Crippen LogP contribution < -0.4 is 5.43 Å². The van der Waals surface area contributed by atoms with Gasteiger partial charge in [-0.3, -0.25) is 4.79 Å². The van der Waals surface area contributed by atoms with Gasteiger partial charge in [-0.05, 0) is 36.8 Å². The molecule has 1 N–H and O–H groups in total. The molecule has 0 saturated heterocycles. The van der Waals surface area contributed by atoms with Crippen molar-refractivity contribution < 1.29 is 23.1 Å². The van der Waals surface area contributed by atoms with Crippen molar-refractivity contribution in [2.24, 2.45) is 0 Å². The predicted molar refractivity (Wildman–Crippen MR) is 81.1 cm³/mol. The predicted octanol–water partition coefficient (Wildman–Crippen LogP) is 3.41. The molecule has 0 unspecified atom stereocenters. The van der Waals surface area contributed by atoms with Crippen LogP contribution in [0.3, 0.4) is 0 Å². The van der Waals surface area contributed by atoms with Gasteiger partial charge in [-0.15, -0.1) is 0 Å². The standard InChI is InChI=1S/C17H10F3NO3/c1-8-4-9(18)2-3-14(8)21-7-11(17(23)24)16(22)10-5-12(19)13(20)6-15(10)21/h2-7H,1H3,(H,23,24). The van der Waals surface area contributed by atoms with Gasteiger partial charge in [0, 0.05) is 18.0 Å². The van der Waals surface area contributed by atoms with E-state index in [2.05, 4.69) is 0 Å². The number of hydrogen-bond acceptors (Lipinski definition) is 2. The number of aromatic nitrogens is 1. The Balaban J connectivity index is 2.50. The number of nitrogens with zero attached hydrogens (tertiary/aromatic N) is 1. The third kappa shape index (κ3) is 2.44. The van der Waals surface area contributed by atoms with Crippen molar-refractivity contribution in [1.29, 1.82) is 0 Å². The van der Waals surface area contributed by atoms with E-state index < -0.39 is 34.4 Å². The molecular weight excluding hydrogens is 323 g/mol. The van der Waals surface area contributed by atoms with Gasteiger partial charge in [0.15, 0.2) is 11.6 Å². The van der Waals surface area contributed by atoms with Crippen LogP contribution >= 0.6 is 0 Å². The van der Waals surface area contributed by atoms with Crippen LogP contribution in [-0.2, 0) is 0 Å². The molecule has 2 aromatic carbocycles. The molecule has 1 aromatic heterocycles. The molecule has 0 bridgehead atoms. The smallest absolute Gasteiger partial charge is 0.341 e. The molecule has 0 spiro atoms. The van der Waals surface area contributed by atoms with Crippen LogP contribution in [0, 0.1) is 24.4 Å². The molecule has 0 aliphatic heterocycles. The molecule has 0 aliphatic carbocycles. The monoisotopic (exact) mass is 333 g/mol. The number of halogens is 3. The summed E-state index contributed by atoms with van der Waals surface area (Å²) in [5.41, 5.74) is -0.765. The van der Waals surface area contributed by atoms with E-state index in [0.717, 1.165) is 18.3 Å². The van der Waals surface area contributed by atoms with Crippen LogP contribution in [0.5, 0.6) is 0 Å². The second kappa shape index (κ2) is 5.52. The first-order valence-corrected chi connectivity index (χ1v) is 6.84. The number of pyridine rings is 1. The molecule has 24 heavy (non-hydrogen) atoms. The lowest BCUT2D eigenvalue weighted by Crippen LogP contribution is -2.19. The molecule has 122 valence electrons. The molecule has 1 heterocycles. The number of aryl methyl sites for hydroxylation is 1. The first-order chi connectivity index (χ1) is 11.3. The number of carboxylic acid groups (broad SMARTS) is 1. The van der Waals surface area contributed by atoms with Crippen LogP contribution in [0.1, 0.15) is 15.9 Å². The van der Waals surface area contributed by atoms with E-state index in [4.69, 9.17) is 0 Å². The van der Waals surface area contributed by atoms with Crippen molar-refractivity contribution in [3.05, 3.63) is 75.3 Å². The molecule has 0 atom stereocenters. The van der Waals surface area contributed by atoms with E-state index in [0.29, 0.717) is 17.3 Å². The maximum Gasteiger partial charge on any atom is 0.341 e. The summed E-state index contributed by atoms with van der Waals surface area (Å²) in [6.45, 7) is 1.57. The summed E-state index contributed by atoms with van der Waals surface area (Å²) >= 11 is 0. The SMILES string of the molecule is Cc1cc(F)ccc1-n1cc(C(=O)O)c(=O)c2cc(F)c(F)cc21. The number of carbonyl (C=O) groups is 1. The van der Waals surface area contributed by atoms with Gasteiger partial charge in [0.2, 0.25) is 5.43 Å². The maximum absolute atomic E-state index is 13.6. The number of hydrogen-bond donors (Lipinski definition) is 1. The van der Waals surface area contributed by atoms with Crippen LogP contribution in [0.2, 0.25) is 0 Å². The minimum atomic E-state index is -1.50. The molecule has 4 nitrogen and oxygen atoms in total. The summed E-state index contributed by atoms with van der Waals surface area (Å²) in [6, 6.07) is 5.18. The number of fused-ring (bicyclic) bond motifs is 1. The van der Waals surface area contributed by atoms with Gasteiger partial charge < -0.3 is 9.67 Å². The van der Waals surface area contributed by atoms with Crippen LogP contribution in [-0.4, -0.2) is 15.6 Å². The molecule has 0 saturated carbocycles. The highest BCUT2D eigenvalue weighted by Gasteiger charge is 2.18. The Bertz CT molecular complexity index is 1060. The van der Waals surface area contributed by atoms with E-state index in [9.17, 15) is 27.9 Å². The van der Waals surface area contributed by atoms with E-state index >= 15 is 0 Å². The van der Waals surface area contributed by atoms with Crippen molar-refractivity contribution in [3.8, 4) is 5.69 Å². The zero-order valence-electron chi connectivity index (χ0n) is 12.3. The maximum atomic E-state index is 13.6. The van der Waals surface area contributed by atoms with E-state index in [-0.39, 0.29) is 10.9 Å². The summed E-state index contributed by atoms with van der Waals surface area (Å²) in [4.78, 5) is 23.5. The van der Waals surface area contributed by atoms with Crippen LogP contribution in [0.15, 0.2) is 41.3 Å². The Labute approximate surface area is 133 Å². The average Bonchev–Trinajstić information content (AvgIpc) is 2.50. The second-order valence-electron chi connectivity index (χ2n) is 5.26. The number of aromatic carboxylic acids is 1. The lowest BCUT2D eigenvalue weighted by molar-refractivity contribution is 0.0695. The normalized spacial score (nSPS) is 11.0. The quantitative estimate of drug-likeness (QED) is 0.782. The van der Waals surface area contributed by atoms with Crippen LogP contribution in [0.4, 0.5) is 13.2 Å². The fourth-order valence-corrected chi connectivity index (χ4v) is 2.56. The van der Waals surface area contributed by atoms with Crippen molar-refractivity contribution in [1.82, 2.24) is 4.57 Å². The summed E-state index contributed by atoms with van der Waals surface area (Å²) in [6.07, 6.45) is 1.02. The van der Waals surface area contributed by atoms with Gasteiger partial charge in [0.25, 0.3) is 0 Å². The first kappa shape index (κ1) is 15.8. The van der Waals surface area contributed by atoms with Crippen molar-refractivity contribution >= 4 is 16.9 Å². The third-order valence-corrected chi connectivity index (χ3v) is 3.69. The molecule has 3 rings (SSSR count). The first-order valence-electron chi connectivity index (χ1n) is 6.84. The molecular formula is C17H10F3NO3. The van der Waals surface area contributed by atoms with E-state index in [1.54, 1.807) is 6.92 Å². The van der Waals surface area contributed by atoms with Crippen molar-refractivity contribution in [2.45, 2.75) is 6.92 Å². The van der Waals surface area contributed by atoms with Crippen molar-refractivity contribution in [3.63, 3.8) is 0 Å². The molecule has 3 aromatic rings. The highest BCUT2D eigenvalue weighted by molar-refractivity contribution is 5.93. The third-order valence-electron chi connectivity index (χ3n) is 3.69. The zero-order valence-corrected chi connectivity index (χ0v) is 12.3. The van der Waals surface area contributed by atoms with Gasteiger partial charge in [-0.1, -0.05) is 0 Å². The zero-order chi connectivity index (χ0) is 17.6. The summed E-state index contributed by atoms with van der Waals surface area (Å²) in [5, 5.41) is 8.91. The molecule has 0 amide bonds. The molecule has 0 fully saturated rings. The van der Waals surface area contributed by atoms with Crippen molar-refractivity contribution in [2.75, 3.05) is 0 Å². The van der Waals surface area contributed by atoms with Gasteiger partial charge >= 0.3 is 5.97 Å². The lowest BCUT2D eigenvalue weighted by Gasteiger charge is -2.15. The Morgan fingerprint density at radius 3 is 2.38 bits per heavy atom.